The third-order valence-corrected chi connectivity index (χ3v) is 7.03. The Hall–Kier alpha value is -3.85. The largest absolute Gasteiger partial charge is 0.481 e. The van der Waals surface area contributed by atoms with Crippen LogP contribution in [-0.4, -0.2) is 50.1 Å². The minimum absolute atomic E-state index is 0.0497. The van der Waals surface area contributed by atoms with Crippen molar-refractivity contribution in [3.63, 3.8) is 0 Å². The number of rotatable bonds is 6. The lowest BCUT2D eigenvalue weighted by atomic mass is 9.79. The number of nitrogens with zero attached hydrogens (tertiary/aromatic N) is 5. The minimum Gasteiger partial charge on any atom is -0.481 e. The van der Waals surface area contributed by atoms with Crippen molar-refractivity contribution in [3.8, 4) is 11.1 Å². The first kappa shape index (κ1) is 22.9. The van der Waals surface area contributed by atoms with E-state index < -0.39 is 5.97 Å². The zero-order valence-electron chi connectivity index (χ0n) is 19.6. The molecule has 5 rings (SSSR count). The molecule has 9 nitrogen and oxygen atoms in total. The Morgan fingerprint density at radius 3 is 2.71 bits per heavy atom. The average Bonchev–Trinajstić information content (AvgIpc) is 3.33. The van der Waals surface area contributed by atoms with Gasteiger partial charge in [0.05, 0.1) is 29.6 Å². The summed E-state index contributed by atoms with van der Waals surface area (Å²) in [7, 11) is 1.67. The Kier molecular flexibility index (Phi) is 6.17. The molecule has 4 heterocycles. The summed E-state index contributed by atoms with van der Waals surface area (Å²) in [5.41, 5.74) is 12.3. The lowest BCUT2D eigenvalue weighted by Gasteiger charge is -2.27. The molecule has 0 amide bonds. The summed E-state index contributed by atoms with van der Waals surface area (Å²) in [5.74, 6) is -0.412. The average molecular weight is 473 g/mol. The summed E-state index contributed by atoms with van der Waals surface area (Å²) >= 11 is 0. The maximum atomic E-state index is 11.4. The van der Waals surface area contributed by atoms with Gasteiger partial charge in [-0.15, -0.1) is 0 Å². The molecular formula is C26H28N6O3. The van der Waals surface area contributed by atoms with Crippen molar-refractivity contribution in [2.45, 2.75) is 44.1 Å². The topological polar surface area (TPSA) is 128 Å². The van der Waals surface area contributed by atoms with E-state index >= 15 is 0 Å². The summed E-state index contributed by atoms with van der Waals surface area (Å²) < 4.78 is 7.03. The van der Waals surface area contributed by atoms with Gasteiger partial charge in [-0.05, 0) is 37.3 Å². The van der Waals surface area contributed by atoms with Crippen LogP contribution >= 0.6 is 0 Å². The van der Waals surface area contributed by atoms with Crippen LogP contribution in [-0.2, 0) is 9.53 Å². The number of nitrogens with two attached hydrogens (primary N) is 1. The van der Waals surface area contributed by atoms with Gasteiger partial charge in [0.15, 0.2) is 5.65 Å². The second-order valence-electron chi connectivity index (χ2n) is 9.04. The number of carbonyl (C=O) groups is 1. The number of hydrogen-bond donors (Lipinski definition) is 2. The second-order valence-corrected chi connectivity index (χ2v) is 9.04. The Morgan fingerprint density at radius 1 is 1.26 bits per heavy atom. The molecule has 3 aromatic heterocycles. The van der Waals surface area contributed by atoms with Gasteiger partial charge in [0, 0.05) is 54.8 Å². The van der Waals surface area contributed by atoms with Gasteiger partial charge < -0.3 is 15.6 Å². The summed E-state index contributed by atoms with van der Waals surface area (Å²) in [6.45, 7) is 3.94. The number of aliphatic carboxylic acids is 1. The molecule has 9 heteroatoms. The van der Waals surface area contributed by atoms with Crippen LogP contribution in [0, 0.1) is 5.92 Å². The number of pyridine rings is 1. The van der Waals surface area contributed by atoms with E-state index in [2.05, 4.69) is 21.7 Å². The minimum atomic E-state index is -0.724. The fourth-order valence-electron chi connectivity index (χ4n) is 4.99. The third kappa shape index (κ3) is 4.23. The van der Waals surface area contributed by atoms with Crippen molar-refractivity contribution in [1.29, 1.82) is 0 Å². The van der Waals surface area contributed by atoms with Crippen LogP contribution in [0.1, 0.15) is 55.0 Å². The predicted molar refractivity (Wildman–Crippen MR) is 135 cm³/mol. The van der Waals surface area contributed by atoms with Crippen LogP contribution in [0.15, 0.2) is 42.3 Å². The molecule has 1 aliphatic carbocycles. The lowest BCUT2D eigenvalue weighted by Crippen LogP contribution is -2.22. The number of hydrogen-bond acceptors (Lipinski definition) is 7. The number of carboxylic acid groups (broad SMARTS) is 1. The highest BCUT2D eigenvalue weighted by Crippen LogP contribution is 2.39. The first-order valence-electron chi connectivity index (χ1n) is 11.7. The van der Waals surface area contributed by atoms with Crippen molar-refractivity contribution >= 4 is 35.3 Å². The zero-order chi connectivity index (χ0) is 24.5. The molecule has 180 valence electrons. The van der Waals surface area contributed by atoms with Gasteiger partial charge >= 0.3 is 5.97 Å². The van der Waals surface area contributed by atoms with Crippen LogP contribution < -0.4 is 5.73 Å². The molecule has 3 aromatic rings. The molecule has 2 aliphatic rings. The number of anilines is 1. The van der Waals surface area contributed by atoms with E-state index in [0.717, 1.165) is 52.9 Å². The molecular weight excluding hydrogens is 444 g/mol. The predicted octanol–water partition coefficient (Wildman–Crippen LogP) is 4.21. The van der Waals surface area contributed by atoms with E-state index in [1.807, 2.05) is 24.5 Å². The molecule has 0 aromatic carbocycles. The molecule has 1 fully saturated rings. The van der Waals surface area contributed by atoms with Crippen LogP contribution in [0.3, 0.4) is 0 Å². The molecule has 35 heavy (non-hydrogen) atoms. The Bertz CT molecular complexity index is 1330. The quantitative estimate of drug-likeness (QED) is 0.550. The number of carboxylic acids is 1. The van der Waals surface area contributed by atoms with E-state index in [9.17, 15) is 9.90 Å². The van der Waals surface area contributed by atoms with Gasteiger partial charge in [0.2, 0.25) is 0 Å². The molecule has 1 unspecified atom stereocenters. The SMILES string of the molecule is C=Cc1c(N)n2ncc(-c3ccc(C4=CN=CC(OC)C4)nc3)c2nc1[C@H]1CC[C@H](C(=O)O)CC1. The maximum absolute atomic E-state index is 11.4. The van der Waals surface area contributed by atoms with Crippen molar-refractivity contribution in [3.05, 3.63) is 54.3 Å². The van der Waals surface area contributed by atoms with Gasteiger partial charge in [0.25, 0.3) is 0 Å². The molecule has 0 radical (unpaired) electrons. The van der Waals surface area contributed by atoms with E-state index in [4.69, 9.17) is 15.5 Å². The molecule has 0 saturated heterocycles. The lowest BCUT2D eigenvalue weighted by molar-refractivity contribution is -0.142. The first-order chi connectivity index (χ1) is 17.0. The van der Waals surface area contributed by atoms with Crippen molar-refractivity contribution in [1.82, 2.24) is 19.6 Å². The van der Waals surface area contributed by atoms with E-state index in [0.29, 0.717) is 24.3 Å². The number of aliphatic imine (C=N–C) groups is 1. The fourth-order valence-corrected chi connectivity index (χ4v) is 4.99. The van der Waals surface area contributed by atoms with E-state index in [-0.39, 0.29) is 17.9 Å². The second kappa shape index (κ2) is 9.42. The molecule has 1 aliphatic heterocycles. The van der Waals surface area contributed by atoms with Gasteiger partial charge in [-0.1, -0.05) is 18.7 Å². The van der Waals surface area contributed by atoms with E-state index in [1.165, 1.54) is 0 Å². The number of aromatic nitrogens is 4. The standard InChI is InChI=1S/C26H28N6O3/c1-3-20-23(15-4-6-16(7-5-15)26(33)34)31-25-21(14-30-32(25)24(20)27)17-8-9-22(29-12-17)18-10-19(35-2)13-28-11-18/h3,8-9,11-16,19H,1,4-7,10,27H2,2H3,(H,33,34)/t15-,16-,19?. The van der Waals surface area contributed by atoms with Gasteiger partial charge in [0.1, 0.15) is 5.82 Å². The number of nitrogen functional groups attached to an aromatic ring is 1. The molecule has 1 saturated carbocycles. The van der Waals surface area contributed by atoms with Crippen LogP contribution in [0.4, 0.5) is 5.82 Å². The smallest absolute Gasteiger partial charge is 0.306 e. The van der Waals surface area contributed by atoms with Crippen molar-refractivity contribution in [2.24, 2.45) is 10.9 Å². The van der Waals surface area contributed by atoms with Crippen LogP contribution in [0.5, 0.6) is 0 Å². The number of ether oxygens (including phenoxy) is 1. The molecule has 0 spiro atoms. The number of methoxy groups -OCH3 is 1. The Morgan fingerprint density at radius 2 is 2.06 bits per heavy atom. The van der Waals surface area contributed by atoms with Crippen molar-refractivity contribution < 1.29 is 14.6 Å². The summed E-state index contributed by atoms with van der Waals surface area (Å²) in [4.78, 5) is 25.3. The maximum Gasteiger partial charge on any atom is 0.306 e. The van der Waals surface area contributed by atoms with E-state index in [1.54, 1.807) is 30.1 Å². The first-order valence-corrected chi connectivity index (χ1v) is 11.7. The van der Waals surface area contributed by atoms with Gasteiger partial charge in [-0.25, -0.2) is 4.98 Å². The van der Waals surface area contributed by atoms with Crippen molar-refractivity contribution in [2.75, 3.05) is 12.8 Å². The fraction of sp³-hybridized carbons (Fsp3) is 0.346. The highest BCUT2D eigenvalue weighted by molar-refractivity contribution is 5.81. The molecule has 3 N–H and O–H groups in total. The highest BCUT2D eigenvalue weighted by atomic mass is 16.5. The summed E-state index contributed by atoms with van der Waals surface area (Å²) in [6, 6.07) is 3.96. The monoisotopic (exact) mass is 472 g/mol. The summed E-state index contributed by atoms with van der Waals surface area (Å²) in [6.07, 6.45) is 12.3. The Labute approximate surface area is 203 Å². The normalized spacial score (nSPS) is 22.2. The van der Waals surface area contributed by atoms with Gasteiger partial charge in [-0.3, -0.25) is 14.8 Å². The van der Waals surface area contributed by atoms with Gasteiger partial charge in [-0.2, -0.15) is 9.61 Å². The van der Waals surface area contributed by atoms with Crippen LogP contribution in [0.25, 0.3) is 28.4 Å². The third-order valence-electron chi connectivity index (χ3n) is 7.03. The van der Waals surface area contributed by atoms with Crippen LogP contribution in [0.2, 0.25) is 0 Å². The Balaban J connectivity index is 1.49. The summed E-state index contributed by atoms with van der Waals surface area (Å²) in [5, 5.41) is 13.8. The number of fused-ring (bicyclic) bond motifs is 1. The zero-order valence-corrected chi connectivity index (χ0v) is 19.6. The highest BCUT2D eigenvalue weighted by Gasteiger charge is 2.30. The molecule has 0 bridgehead atoms. The molecule has 1 atom stereocenters.